The first-order chi connectivity index (χ1) is 8.51. The van der Waals surface area contributed by atoms with Crippen LogP contribution in [0.1, 0.15) is 38.3 Å². The monoisotopic (exact) mass is 249 g/mol. The van der Waals surface area contributed by atoms with Crippen LogP contribution < -0.4 is 5.32 Å². The summed E-state index contributed by atoms with van der Waals surface area (Å²) >= 11 is 0. The Labute approximate surface area is 110 Å². The van der Waals surface area contributed by atoms with Crippen molar-refractivity contribution in [1.82, 2.24) is 5.32 Å². The van der Waals surface area contributed by atoms with Gasteiger partial charge in [0.15, 0.2) is 0 Å². The van der Waals surface area contributed by atoms with E-state index in [2.05, 4.69) is 36.5 Å². The third-order valence-electron chi connectivity index (χ3n) is 3.06. The minimum atomic E-state index is -0.366. The van der Waals surface area contributed by atoms with Crippen LogP contribution in [0.15, 0.2) is 24.3 Å². The van der Waals surface area contributed by atoms with Gasteiger partial charge < -0.3 is 10.1 Å². The fraction of sp³-hybridized carbons (Fsp3) is 0.533. The van der Waals surface area contributed by atoms with E-state index in [0.29, 0.717) is 13.0 Å². The van der Waals surface area contributed by atoms with Crippen molar-refractivity contribution in [2.75, 3.05) is 13.2 Å². The van der Waals surface area contributed by atoms with E-state index in [1.54, 1.807) is 0 Å². The molecule has 3 nitrogen and oxygen atoms in total. The van der Waals surface area contributed by atoms with Crippen LogP contribution in [0.25, 0.3) is 0 Å². The number of carbonyl (C=O) groups is 1. The number of carbonyl (C=O) groups excluding carboxylic acids is 1. The smallest absolute Gasteiger partial charge is 0.307 e. The van der Waals surface area contributed by atoms with Crippen LogP contribution in [0.3, 0.4) is 0 Å². The van der Waals surface area contributed by atoms with Gasteiger partial charge in [0, 0.05) is 0 Å². The van der Waals surface area contributed by atoms with Crippen LogP contribution in [-0.2, 0) is 15.1 Å². The molecular weight excluding hydrogens is 226 g/mol. The molecule has 0 spiro atoms. The zero-order valence-electron chi connectivity index (χ0n) is 11.7. The topological polar surface area (TPSA) is 38.3 Å². The van der Waals surface area contributed by atoms with Gasteiger partial charge in [0.25, 0.3) is 0 Å². The van der Waals surface area contributed by atoms with E-state index >= 15 is 0 Å². The Morgan fingerprint density at radius 1 is 1.28 bits per heavy atom. The van der Waals surface area contributed by atoms with Crippen molar-refractivity contribution in [1.29, 1.82) is 0 Å². The molecule has 1 aromatic carbocycles. The van der Waals surface area contributed by atoms with Gasteiger partial charge in [0.2, 0.25) is 0 Å². The van der Waals surface area contributed by atoms with Crippen molar-refractivity contribution >= 4 is 5.97 Å². The van der Waals surface area contributed by atoms with Gasteiger partial charge in [-0.25, -0.2) is 0 Å². The van der Waals surface area contributed by atoms with Crippen LogP contribution >= 0.6 is 0 Å². The Morgan fingerprint density at radius 3 is 2.39 bits per heavy atom. The highest BCUT2D eigenvalue weighted by Crippen LogP contribution is 2.25. The zero-order chi connectivity index (χ0) is 13.6. The molecule has 0 bridgehead atoms. The highest BCUT2D eigenvalue weighted by Gasteiger charge is 2.29. The summed E-state index contributed by atoms with van der Waals surface area (Å²) in [5, 5.41) is 3.38. The van der Waals surface area contributed by atoms with Crippen molar-refractivity contribution in [2.45, 2.75) is 39.7 Å². The predicted octanol–water partition coefficient (Wildman–Crippen LogP) is 2.77. The van der Waals surface area contributed by atoms with E-state index in [0.717, 1.165) is 12.1 Å². The summed E-state index contributed by atoms with van der Waals surface area (Å²) in [6.07, 6.45) is 0.345. The number of aryl methyl sites for hydroxylation is 1. The number of benzene rings is 1. The molecule has 3 heteroatoms. The first kappa shape index (κ1) is 14.7. The van der Waals surface area contributed by atoms with Crippen molar-refractivity contribution < 1.29 is 9.53 Å². The van der Waals surface area contributed by atoms with Crippen molar-refractivity contribution in [3.05, 3.63) is 35.4 Å². The fourth-order valence-electron chi connectivity index (χ4n) is 2.08. The Balaban J connectivity index is 2.91. The van der Waals surface area contributed by atoms with E-state index in [9.17, 15) is 4.79 Å². The molecule has 0 heterocycles. The SMILES string of the molecule is CCNC(C)(CC(=O)OCC)c1ccc(C)cc1. The first-order valence-electron chi connectivity index (χ1n) is 6.49. The van der Waals surface area contributed by atoms with Gasteiger partial charge >= 0.3 is 5.97 Å². The summed E-state index contributed by atoms with van der Waals surface area (Å²) in [5.41, 5.74) is 1.96. The maximum atomic E-state index is 11.7. The minimum absolute atomic E-state index is 0.165. The summed E-state index contributed by atoms with van der Waals surface area (Å²) in [6, 6.07) is 8.26. The molecular formula is C15H23NO2. The lowest BCUT2D eigenvalue weighted by Crippen LogP contribution is -2.41. The number of hydrogen-bond donors (Lipinski definition) is 1. The number of esters is 1. The van der Waals surface area contributed by atoms with Gasteiger partial charge in [-0.15, -0.1) is 0 Å². The molecule has 1 rings (SSSR count). The Kier molecular flexibility index (Phi) is 5.35. The van der Waals surface area contributed by atoms with Gasteiger partial charge in [-0.1, -0.05) is 36.8 Å². The molecule has 1 N–H and O–H groups in total. The predicted molar refractivity (Wildman–Crippen MR) is 73.5 cm³/mol. The lowest BCUT2D eigenvalue weighted by atomic mass is 9.88. The standard InChI is InChI=1S/C15H23NO2/c1-5-16-15(4,11-14(17)18-6-2)13-9-7-12(3)8-10-13/h7-10,16H,5-6,11H2,1-4H3. The Morgan fingerprint density at radius 2 is 1.89 bits per heavy atom. The average Bonchev–Trinajstić information content (AvgIpc) is 2.30. The molecule has 0 amide bonds. The fourth-order valence-corrected chi connectivity index (χ4v) is 2.08. The van der Waals surface area contributed by atoms with Crippen LogP contribution in [0, 0.1) is 6.92 Å². The van der Waals surface area contributed by atoms with Crippen molar-refractivity contribution in [3.63, 3.8) is 0 Å². The molecule has 0 saturated carbocycles. The maximum absolute atomic E-state index is 11.7. The maximum Gasteiger partial charge on any atom is 0.307 e. The Hall–Kier alpha value is -1.35. The second kappa shape index (κ2) is 6.55. The average molecular weight is 249 g/mol. The van der Waals surface area contributed by atoms with Crippen LogP contribution in [-0.4, -0.2) is 19.1 Å². The highest BCUT2D eigenvalue weighted by atomic mass is 16.5. The largest absolute Gasteiger partial charge is 0.466 e. The van der Waals surface area contributed by atoms with Crippen molar-refractivity contribution in [2.24, 2.45) is 0 Å². The lowest BCUT2D eigenvalue weighted by Gasteiger charge is -2.30. The second-order valence-electron chi connectivity index (χ2n) is 4.71. The lowest BCUT2D eigenvalue weighted by molar-refractivity contribution is -0.144. The van der Waals surface area contributed by atoms with Gasteiger partial charge in [-0.2, -0.15) is 0 Å². The van der Waals surface area contributed by atoms with Crippen molar-refractivity contribution in [3.8, 4) is 0 Å². The first-order valence-corrected chi connectivity index (χ1v) is 6.49. The number of hydrogen-bond acceptors (Lipinski definition) is 3. The summed E-state index contributed by atoms with van der Waals surface area (Å²) < 4.78 is 5.05. The third-order valence-corrected chi connectivity index (χ3v) is 3.06. The van der Waals surface area contributed by atoms with Gasteiger partial charge in [0.1, 0.15) is 0 Å². The molecule has 18 heavy (non-hydrogen) atoms. The summed E-state index contributed by atoms with van der Waals surface area (Å²) in [7, 11) is 0. The van der Waals surface area contributed by atoms with Gasteiger partial charge in [0.05, 0.1) is 18.6 Å². The summed E-state index contributed by atoms with van der Waals surface area (Å²) in [5.74, 6) is -0.165. The van der Waals surface area contributed by atoms with E-state index in [1.165, 1.54) is 5.56 Å². The second-order valence-corrected chi connectivity index (χ2v) is 4.71. The molecule has 0 saturated heterocycles. The van der Waals surface area contributed by atoms with Crippen LogP contribution in [0.5, 0.6) is 0 Å². The molecule has 0 aliphatic rings. The number of rotatable bonds is 6. The summed E-state index contributed by atoms with van der Waals surface area (Å²) in [6.45, 7) is 9.20. The van der Waals surface area contributed by atoms with E-state index in [-0.39, 0.29) is 11.5 Å². The highest BCUT2D eigenvalue weighted by molar-refractivity contribution is 5.71. The van der Waals surface area contributed by atoms with Crippen LogP contribution in [0.2, 0.25) is 0 Å². The Bertz CT molecular complexity index is 386. The molecule has 0 radical (unpaired) electrons. The normalized spacial score (nSPS) is 14.0. The molecule has 0 aliphatic heterocycles. The van der Waals surface area contributed by atoms with E-state index in [1.807, 2.05) is 20.8 Å². The van der Waals surface area contributed by atoms with E-state index < -0.39 is 0 Å². The quantitative estimate of drug-likeness (QED) is 0.788. The van der Waals surface area contributed by atoms with Crippen LogP contribution in [0.4, 0.5) is 0 Å². The molecule has 0 aliphatic carbocycles. The van der Waals surface area contributed by atoms with Gasteiger partial charge in [-0.05, 0) is 32.9 Å². The molecule has 1 unspecified atom stereocenters. The molecule has 100 valence electrons. The van der Waals surface area contributed by atoms with E-state index in [4.69, 9.17) is 4.74 Å². The number of ether oxygens (including phenoxy) is 1. The molecule has 0 aromatic heterocycles. The number of nitrogens with one attached hydrogen (secondary N) is 1. The molecule has 1 atom stereocenters. The zero-order valence-corrected chi connectivity index (χ0v) is 11.7. The minimum Gasteiger partial charge on any atom is -0.466 e. The summed E-state index contributed by atoms with van der Waals surface area (Å²) in [4.78, 5) is 11.7. The molecule has 1 aromatic rings. The third kappa shape index (κ3) is 3.84. The molecule has 0 fully saturated rings. The van der Waals surface area contributed by atoms with Gasteiger partial charge in [-0.3, -0.25) is 4.79 Å².